The number of hydrogen-bond donors (Lipinski definition) is 1. The minimum absolute atomic E-state index is 0.151. The maximum atomic E-state index is 11.2. The van der Waals surface area contributed by atoms with Crippen LogP contribution in [-0.4, -0.2) is 10.0 Å². The lowest BCUT2D eigenvalue weighted by atomic mass is 9.71. The summed E-state index contributed by atoms with van der Waals surface area (Å²) >= 11 is 0. The molecule has 23 heavy (non-hydrogen) atoms. The highest BCUT2D eigenvalue weighted by molar-refractivity contribution is 5.83. The summed E-state index contributed by atoms with van der Waals surface area (Å²) in [6.07, 6.45) is 3.99. The highest BCUT2D eigenvalue weighted by Gasteiger charge is 2.43. The average Bonchev–Trinajstić information content (AvgIpc) is 2.78. The van der Waals surface area contributed by atoms with Crippen molar-refractivity contribution in [3.63, 3.8) is 0 Å². The number of phenolic OH excluding ortho intramolecular Hbond substituents is 1. The zero-order valence-corrected chi connectivity index (χ0v) is 13.5. The first-order valence-electron chi connectivity index (χ1n) is 8.17. The van der Waals surface area contributed by atoms with E-state index >= 15 is 0 Å². The van der Waals surface area contributed by atoms with Crippen molar-refractivity contribution in [2.45, 2.75) is 44.9 Å². The normalized spacial score (nSPS) is 14.3. The van der Waals surface area contributed by atoms with Gasteiger partial charge in [-0.25, -0.2) is 0 Å². The number of fused-ring (bicyclic) bond motifs is 3. The first kappa shape index (κ1) is 15.5. The van der Waals surface area contributed by atoms with Gasteiger partial charge in [-0.3, -0.25) is 10.1 Å². The molecule has 1 aliphatic carbocycles. The Bertz CT molecular complexity index is 761. The quantitative estimate of drug-likeness (QED) is 0.612. The fourth-order valence-electron chi connectivity index (χ4n) is 4.14. The monoisotopic (exact) mass is 311 g/mol. The zero-order valence-electron chi connectivity index (χ0n) is 13.5. The number of aromatic hydroxyl groups is 1. The van der Waals surface area contributed by atoms with E-state index in [1.807, 2.05) is 18.2 Å². The van der Waals surface area contributed by atoms with Crippen LogP contribution in [0.2, 0.25) is 0 Å². The number of nitrogens with zero attached hydrogens (tertiary/aromatic N) is 1. The van der Waals surface area contributed by atoms with Crippen LogP contribution in [0, 0.1) is 10.1 Å². The fourth-order valence-corrected chi connectivity index (χ4v) is 4.14. The average molecular weight is 311 g/mol. The molecular formula is C19H21NO3. The number of hydrogen-bond acceptors (Lipinski definition) is 3. The molecule has 2 aromatic carbocycles. The lowest BCUT2D eigenvalue weighted by Crippen LogP contribution is -2.24. The minimum Gasteiger partial charge on any atom is -0.502 e. The van der Waals surface area contributed by atoms with Crippen LogP contribution < -0.4 is 0 Å². The van der Waals surface area contributed by atoms with E-state index in [4.69, 9.17) is 0 Å². The van der Waals surface area contributed by atoms with Crippen molar-refractivity contribution >= 4 is 5.69 Å². The third kappa shape index (κ3) is 2.21. The fraction of sp³-hybridized carbons (Fsp3) is 0.368. The number of phenols is 1. The second-order valence-corrected chi connectivity index (χ2v) is 6.27. The van der Waals surface area contributed by atoms with Gasteiger partial charge in [0.1, 0.15) is 0 Å². The Hall–Kier alpha value is -2.36. The van der Waals surface area contributed by atoms with Gasteiger partial charge in [0.25, 0.3) is 0 Å². The maximum absolute atomic E-state index is 11.2. The summed E-state index contributed by atoms with van der Waals surface area (Å²) < 4.78 is 0. The van der Waals surface area contributed by atoms with Crippen LogP contribution in [0.4, 0.5) is 5.69 Å². The Morgan fingerprint density at radius 2 is 1.70 bits per heavy atom. The van der Waals surface area contributed by atoms with E-state index in [0.29, 0.717) is 0 Å². The Kier molecular flexibility index (Phi) is 3.84. The van der Waals surface area contributed by atoms with E-state index in [9.17, 15) is 15.2 Å². The lowest BCUT2D eigenvalue weighted by Gasteiger charge is -2.31. The van der Waals surface area contributed by atoms with Crippen molar-refractivity contribution in [2.75, 3.05) is 0 Å². The standard InChI is InChI=1S/C19H21NO3/c1-3-9-19(10-4-2)15-8-6-5-7-13(15)14-11-17(20(22)23)18(21)12-16(14)19/h5-8,11-12,21H,3-4,9-10H2,1-2H3. The van der Waals surface area contributed by atoms with Crippen LogP contribution in [0.15, 0.2) is 36.4 Å². The predicted molar refractivity (Wildman–Crippen MR) is 90.8 cm³/mol. The summed E-state index contributed by atoms with van der Waals surface area (Å²) in [6, 6.07) is 11.3. The molecule has 1 aliphatic rings. The Labute approximate surface area is 135 Å². The molecule has 0 bridgehead atoms. The van der Waals surface area contributed by atoms with Crippen molar-refractivity contribution in [1.29, 1.82) is 0 Å². The molecule has 0 heterocycles. The molecule has 0 aliphatic heterocycles. The predicted octanol–water partition coefficient (Wildman–Crippen LogP) is 5.17. The van der Waals surface area contributed by atoms with Gasteiger partial charge >= 0.3 is 5.69 Å². The minimum atomic E-state index is -0.516. The van der Waals surface area contributed by atoms with E-state index in [1.54, 1.807) is 6.07 Å². The first-order chi connectivity index (χ1) is 11.0. The van der Waals surface area contributed by atoms with Gasteiger partial charge in [0, 0.05) is 11.5 Å². The lowest BCUT2D eigenvalue weighted by molar-refractivity contribution is -0.385. The molecule has 0 amide bonds. The van der Waals surface area contributed by atoms with Crippen LogP contribution in [0.5, 0.6) is 5.75 Å². The van der Waals surface area contributed by atoms with E-state index in [2.05, 4.69) is 19.9 Å². The molecule has 0 unspecified atom stereocenters. The van der Waals surface area contributed by atoms with Crippen LogP contribution in [0.3, 0.4) is 0 Å². The molecule has 1 N–H and O–H groups in total. The van der Waals surface area contributed by atoms with Gasteiger partial charge in [-0.2, -0.15) is 0 Å². The van der Waals surface area contributed by atoms with Crippen LogP contribution in [0.1, 0.15) is 50.7 Å². The molecule has 0 radical (unpaired) electrons. The molecule has 2 aromatic rings. The molecule has 0 spiro atoms. The third-order valence-corrected chi connectivity index (χ3v) is 4.91. The largest absolute Gasteiger partial charge is 0.502 e. The smallest absolute Gasteiger partial charge is 0.311 e. The third-order valence-electron chi connectivity index (χ3n) is 4.91. The molecular weight excluding hydrogens is 290 g/mol. The Morgan fingerprint density at radius 1 is 1.04 bits per heavy atom. The maximum Gasteiger partial charge on any atom is 0.311 e. The molecule has 0 saturated heterocycles. The number of benzene rings is 2. The molecule has 4 heteroatoms. The second kappa shape index (κ2) is 5.69. The van der Waals surface area contributed by atoms with E-state index in [1.165, 1.54) is 11.6 Å². The van der Waals surface area contributed by atoms with Crippen LogP contribution in [0.25, 0.3) is 11.1 Å². The summed E-state index contributed by atoms with van der Waals surface area (Å²) in [5.74, 6) is -0.238. The number of rotatable bonds is 5. The molecule has 0 aromatic heterocycles. The summed E-state index contributed by atoms with van der Waals surface area (Å²) in [4.78, 5) is 10.7. The SMILES string of the molecule is CCCC1(CCC)c2ccccc2-c2cc([N+](=O)[O-])c(O)cc21. The summed E-state index contributed by atoms with van der Waals surface area (Å²) in [6.45, 7) is 4.31. The van der Waals surface area contributed by atoms with Crippen molar-refractivity contribution in [2.24, 2.45) is 0 Å². The van der Waals surface area contributed by atoms with E-state index in [-0.39, 0.29) is 16.9 Å². The highest BCUT2D eigenvalue weighted by atomic mass is 16.6. The molecule has 0 atom stereocenters. The van der Waals surface area contributed by atoms with Gasteiger partial charge in [0.05, 0.1) is 4.92 Å². The number of nitro benzene ring substituents is 1. The second-order valence-electron chi connectivity index (χ2n) is 6.27. The van der Waals surface area contributed by atoms with Crippen molar-refractivity contribution in [3.8, 4) is 16.9 Å². The van der Waals surface area contributed by atoms with Gasteiger partial charge in [-0.1, -0.05) is 51.0 Å². The Balaban J connectivity index is 2.34. The summed E-state index contributed by atoms with van der Waals surface area (Å²) in [5.41, 5.74) is 3.85. The van der Waals surface area contributed by atoms with Gasteiger partial charge in [-0.05, 0) is 41.2 Å². The van der Waals surface area contributed by atoms with Crippen molar-refractivity contribution in [3.05, 3.63) is 57.6 Å². The number of nitro groups is 1. The van der Waals surface area contributed by atoms with Gasteiger partial charge < -0.3 is 5.11 Å². The summed E-state index contributed by atoms with van der Waals surface area (Å²) in [7, 11) is 0. The first-order valence-corrected chi connectivity index (χ1v) is 8.17. The molecule has 0 saturated carbocycles. The molecule has 120 valence electrons. The van der Waals surface area contributed by atoms with Gasteiger partial charge in [-0.15, -0.1) is 0 Å². The molecule has 3 rings (SSSR count). The van der Waals surface area contributed by atoms with E-state index in [0.717, 1.165) is 42.4 Å². The zero-order chi connectivity index (χ0) is 16.6. The summed E-state index contributed by atoms with van der Waals surface area (Å²) in [5, 5.41) is 21.3. The van der Waals surface area contributed by atoms with Crippen molar-refractivity contribution in [1.82, 2.24) is 0 Å². The van der Waals surface area contributed by atoms with Crippen molar-refractivity contribution < 1.29 is 10.0 Å². The molecule has 4 nitrogen and oxygen atoms in total. The van der Waals surface area contributed by atoms with Gasteiger partial charge in [0.15, 0.2) is 5.75 Å². The Morgan fingerprint density at radius 3 is 2.30 bits per heavy atom. The van der Waals surface area contributed by atoms with E-state index < -0.39 is 4.92 Å². The molecule has 0 fully saturated rings. The topological polar surface area (TPSA) is 63.4 Å². The highest BCUT2D eigenvalue weighted by Crippen LogP contribution is 2.55. The van der Waals surface area contributed by atoms with Crippen LogP contribution >= 0.6 is 0 Å². The van der Waals surface area contributed by atoms with Gasteiger partial charge in [0.2, 0.25) is 0 Å². The van der Waals surface area contributed by atoms with Crippen LogP contribution in [-0.2, 0) is 5.41 Å².